The lowest BCUT2D eigenvalue weighted by atomic mass is 10.2. The van der Waals surface area contributed by atoms with Crippen LogP contribution in [0.25, 0.3) is 0 Å². The van der Waals surface area contributed by atoms with Gasteiger partial charge in [0.25, 0.3) is 0 Å². The van der Waals surface area contributed by atoms with Crippen LogP contribution in [0.15, 0.2) is 6.07 Å². The predicted octanol–water partition coefficient (Wildman–Crippen LogP) is 3.58. The third-order valence-corrected chi connectivity index (χ3v) is 5.52. The third-order valence-electron chi connectivity index (χ3n) is 3.60. The Morgan fingerprint density at radius 3 is 3.11 bits per heavy atom. The van der Waals surface area contributed by atoms with Gasteiger partial charge in [-0.05, 0) is 43.7 Å². The smallest absolute Gasteiger partial charge is 0.202 e. The van der Waals surface area contributed by atoms with E-state index in [2.05, 4.69) is 20.7 Å². The Morgan fingerprint density at radius 1 is 1.33 bits per heavy atom. The summed E-state index contributed by atoms with van der Waals surface area (Å²) in [6.07, 6.45) is 6.44. The van der Waals surface area contributed by atoms with E-state index in [0.717, 1.165) is 17.5 Å². The molecule has 0 aromatic carbocycles. The van der Waals surface area contributed by atoms with Gasteiger partial charge in [0.05, 0.1) is 6.54 Å². The van der Waals surface area contributed by atoms with Crippen LogP contribution in [0.4, 0.5) is 5.13 Å². The zero-order valence-electron chi connectivity index (χ0n) is 10.1. The van der Waals surface area contributed by atoms with Crippen molar-refractivity contribution in [3.05, 3.63) is 27.2 Å². The summed E-state index contributed by atoms with van der Waals surface area (Å²) in [7, 11) is 0. The average Bonchev–Trinajstić information content (AvgIpc) is 2.81. The lowest BCUT2D eigenvalue weighted by Gasteiger charge is -1.98. The van der Waals surface area contributed by atoms with E-state index in [1.54, 1.807) is 10.4 Å². The first-order valence-electron chi connectivity index (χ1n) is 6.56. The van der Waals surface area contributed by atoms with E-state index in [0.29, 0.717) is 5.92 Å². The topological polar surface area (TPSA) is 37.8 Å². The molecule has 2 aliphatic carbocycles. The molecule has 1 saturated carbocycles. The monoisotopic (exact) mass is 277 g/mol. The SMILES string of the molecule is c1c(CNc2nc(C3CC3)ns2)sc2c1CCC2. The number of nitrogens with one attached hydrogen (secondary N) is 1. The van der Waals surface area contributed by atoms with E-state index in [9.17, 15) is 0 Å². The summed E-state index contributed by atoms with van der Waals surface area (Å²) < 4.78 is 4.41. The minimum Gasteiger partial charge on any atom is -0.355 e. The maximum atomic E-state index is 4.55. The fraction of sp³-hybridized carbons (Fsp3) is 0.538. The molecule has 0 bridgehead atoms. The number of aromatic nitrogens is 2. The summed E-state index contributed by atoms with van der Waals surface area (Å²) in [5.41, 5.74) is 1.58. The average molecular weight is 277 g/mol. The van der Waals surface area contributed by atoms with Crippen molar-refractivity contribution >= 4 is 28.0 Å². The number of nitrogens with zero attached hydrogens (tertiary/aromatic N) is 2. The molecule has 0 unspecified atom stereocenters. The van der Waals surface area contributed by atoms with Crippen LogP contribution in [-0.2, 0) is 19.4 Å². The molecule has 1 fully saturated rings. The van der Waals surface area contributed by atoms with Crippen molar-refractivity contribution in [2.45, 2.75) is 44.6 Å². The molecular formula is C13H15N3S2. The van der Waals surface area contributed by atoms with Crippen LogP contribution in [0.3, 0.4) is 0 Å². The molecule has 2 aliphatic rings. The lowest BCUT2D eigenvalue weighted by Crippen LogP contribution is -1.97. The summed E-state index contributed by atoms with van der Waals surface area (Å²) in [5.74, 6) is 1.71. The molecule has 0 amide bonds. The molecule has 2 aromatic rings. The standard InChI is InChI=1S/C13H15N3S2/c1-2-9-6-10(17-11(9)3-1)7-14-13-15-12(16-18-13)8-4-5-8/h6,8H,1-5,7H2,(H,14,15,16). The fourth-order valence-corrected chi connectivity index (χ4v) is 4.30. The highest BCUT2D eigenvalue weighted by molar-refractivity contribution is 7.12. The Bertz CT molecular complexity index is 547. The van der Waals surface area contributed by atoms with Gasteiger partial charge >= 0.3 is 0 Å². The van der Waals surface area contributed by atoms with E-state index >= 15 is 0 Å². The number of aryl methyl sites for hydroxylation is 2. The summed E-state index contributed by atoms with van der Waals surface area (Å²) in [6, 6.07) is 2.36. The molecule has 2 heterocycles. The molecule has 2 aromatic heterocycles. The van der Waals surface area contributed by atoms with Crippen LogP contribution in [0.2, 0.25) is 0 Å². The summed E-state index contributed by atoms with van der Waals surface area (Å²) in [6.45, 7) is 0.900. The van der Waals surface area contributed by atoms with Gasteiger partial charge in [0.15, 0.2) is 0 Å². The van der Waals surface area contributed by atoms with Gasteiger partial charge in [-0.15, -0.1) is 11.3 Å². The second-order valence-corrected chi connectivity index (χ2v) is 7.07. The Labute approximate surface area is 114 Å². The molecule has 0 aliphatic heterocycles. The van der Waals surface area contributed by atoms with Crippen LogP contribution in [-0.4, -0.2) is 9.36 Å². The van der Waals surface area contributed by atoms with Gasteiger partial charge in [-0.2, -0.15) is 4.37 Å². The molecule has 94 valence electrons. The Hall–Kier alpha value is -0.940. The molecule has 18 heavy (non-hydrogen) atoms. The van der Waals surface area contributed by atoms with Crippen molar-refractivity contribution < 1.29 is 0 Å². The molecule has 4 rings (SSSR count). The van der Waals surface area contributed by atoms with Gasteiger partial charge in [-0.3, -0.25) is 0 Å². The lowest BCUT2D eigenvalue weighted by molar-refractivity contribution is 0.913. The molecule has 5 heteroatoms. The maximum Gasteiger partial charge on any atom is 0.202 e. The molecular weight excluding hydrogens is 262 g/mol. The highest BCUT2D eigenvalue weighted by atomic mass is 32.1. The van der Waals surface area contributed by atoms with Crippen molar-refractivity contribution in [1.82, 2.24) is 9.36 Å². The fourth-order valence-electron chi connectivity index (χ4n) is 2.45. The van der Waals surface area contributed by atoms with E-state index in [1.165, 1.54) is 48.5 Å². The number of thiophene rings is 1. The molecule has 3 nitrogen and oxygen atoms in total. The van der Waals surface area contributed by atoms with Crippen LogP contribution in [0, 0.1) is 0 Å². The highest BCUT2D eigenvalue weighted by Crippen LogP contribution is 2.39. The summed E-state index contributed by atoms with van der Waals surface area (Å²) >= 11 is 3.46. The minimum absolute atomic E-state index is 0.655. The normalized spacial score (nSPS) is 18.0. The van der Waals surface area contributed by atoms with E-state index in [4.69, 9.17) is 0 Å². The van der Waals surface area contributed by atoms with E-state index < -0.39 is 0 Å². The zero-order valence-corrected chi connectivity index (χ0v) is 11.7. The van der Waals surface area contributed by atoms with Gasteiger partial charge in [0.2, 0.25) is 5.13 Å². The molecule has 0 atom stereocenters. The van der Waals surface area contributed by atoms with Crippen molar-refractivity contribution in [3.63, 3.8) is 0 Å². The maximum absolute atomic E-state index is 4.55. The first-order valence-corrected chi connectivity index (χ1v) is 8.15. The Morgan fingerprint density at radius 2 is 2.28 bits per heavy atom. The van der Waals surface area contributed by atoms with E-state index in [1.807, 2.05) is 11.3 Å². The van der Waals surface area contributed by atoms with Gasteiger partial charge in [0, 0.05) is 27.2 Å². The van der Waals surface area contributed by atoms with E-state index in [-0.39, 0.29) is 0 Å². The van der Waals surface area contributed by atoms with Gasteiger partial charge in [-0.1, -0.05) is 0 Å². The number of anilines is 1. The van der Waals surface area contributed by atoms with Gasteiger partial charge < -0.3 is 5.32 Å². The van der Waals surface area contributed by atoms with Crippen molar-refractivity contribution in [3.8, 4) is 0 Å². The number of rotatable bonds is 4. The first-order chi connectivity index (χ1) is 8.88. The van der Waals surface area contributed by atoms with Crippen molar-refractivity contribution in [2.75, 3.05) is 5.32 Å². The number of hydrogen-bond donors (Lipinski definition) is 1. The number of fused-ring (bicyclic) bond motifs is 1. The minimum atomic E-state index is 0.655. The zero-order chi connectivity index (χ0) is 11.9. The predicted molar refractivity (Wildman–Crippen MR) is 75.6 cm³/mol. The van der Waals surface area contributed by atoms with Crippen molar-refractivity contribution in [1.29, 1.82) is 0 Å². The Balaban J connectivity index is 1.41. The summed E-state index contributed by atoms with van der Waals surface area (Å²) in [5, 5.41) is 4.39. The largest absolute Gasteiger partial charge is 0.355 e. The Kier molecular flexibility index (Phi) is 2.62. The second-order valence-electron chi connectivity index (χ2n) is 5.10. The first kappa shape index (κ1) is 10.9. The molecule has 0 spiro atoms. The molecule has 0 saturated heterocycles. The summed E-state index contributed by atoms with van der Waals surface area (Å²) in [4.78, 5) is 7.58. The highest BCUT2D eigenvalue weighted by Gasteiger charge is 2.27. The quantitative estimate of drug-likeness (QED) is 0.928. The third kappa shape index (κ3) is 2.06. The van der Waals surface area contributed by atoms with Crippen LogP contribution in [0.1, 0.15) is 46.3 Å². The van der Waals surface area contributed by atoms with Gasteiger partial charge in [-0.25, -0.2) is 4.98 Å². The van der Waals surface area contributed by atoms with Crippen molar-refractivity contribution in [2.24, 2.45) is 0 Å². The second kappa shape index (κ2) is 4.31. The van der Waals surface area contributed by atoms with Gasteiger partial charge in [0.1, 0.15) is 5.82 Å². The van der Waals surface area contributed by atoms with Crippen LogP contribution in [0.5, 0.6) is 0 Å². The molecule has 0 radical (unpaired) electrons. The van der Waals surface area contributed by atoms with Crippen LogP contribution < -0.4 is 5.32 Å². The number of hydrogen-bond acceptors (Lipinski definition) is 5. The molecule has 1 N–H and O–H groups in total. The van der Waals surface area contributed by atoms with Crippen LogP contribution >= 0.6 is 22.9 Å².